The van der Waals surface area contributed by atoms with Crippen LogP contribution in [0.5, 0.6) is 0 Å². The van der Waals surface area contributed by atoms with Crippen molar-refractivity contribution < 1.29 is 5.11 Å². The minimum atomic E-state index is -0.0514. The predicted octanol–water partition coefficient (Wildman–Crippen LogP) is 3.19. The number of nitrogens with zero attached hydrogens (tertiary/aromatic N) is 1. The second-order valence-corrected chi connectivity index (χ2v) is 6.69. The summed E-state index contributed by atoms with van der Waals surface area (Å²) >= 11 is 0. The highest BCUT2D eigenvalue weighted by Gasteiger charge is 2.41. The van der Waals surface area contributed by atoms with Gasteiger partial charge >= 0.3 is 0 Å². The van der Waals surface area contributed by atoms with Crippen molar-refractivity contribution in [2.75, 3.05) is 6.54 Å². The number of hydrogen-bond acceptors (Lipinski definition) is 2. The molecular formula is C15H29NO. The Hall–Kier alpha value is -0.0800. The zero-order valence-electron chi connectivity index (χ0n) is 11.8. The summed E-state index contributed by atoms with van der Waals surface area (Å²) in [4.78, 5) is 2.70. The smallest absolute Gasteiger partial charge is 0.0555 e. The largest absolute Gasteiger partial charge is 0.393 e. The molecule has 0 aromatic rings. The van der Waals surface area contributed by atoms with E-state index in [-0.39, 0.29) is 6.10 Å². The van der Waals surface area contributed by atoms with Gasteiger partial charge in [-0.1, -0.05) is 13.3 Å². The van der Waals surface area contributed by atoms with Gasteiger partial charge in [0.1, 0.15) is 0 Å². The molecule has 100 valence electrons. The third-order valence-corrected chi connectivity index (χ3v) is 4.95. The third-order valence-electron chi connectivity index (χ3n) is 4.95. The molecule has 0 spiro atoms. The second-order valence-electron chi connectivity index (χ2n) is 6.69. The van der Waals surface area contributed by atoms with E-state index in [2.05, 4.69) is 25.7 Å². The van der Waals surface area contributed by atoms with Crippen LogP contribution in [0.1, 0.15) is 65.7 Å². The Kier molecular flexibility index (Phi) is 4.14. The molecule has 1 aliphatic heterocycles. The maximum atomic E-state index is 9.97. The zero-order valence-corrected chi connectivity index (χ0v) is 11.8. The summed E-state index contributed by atoms with van der Waals surface area (Å²) < 4.78 is 0. The van der Waals surface area contributed by atoms with Gasteiger partial charge in [0.05, 0.1) is 6.10 Å². The van der Waals surface area contributed by atoms with E-state index in [0.717, 1.165) is 18.8 Å². The van der Waals surface area contributed by atoms with Gasteiger partial charge in [0.2, 0.25) is 0 Å². The first-order valence-electron chi connectivity index (χ1n) is 7.49. The first-order valence-corrected chi connectivity index (χ1v) is 7.49. The first kappa shape index (κ1) is 13.4. The fraction of sp³-hybridized carbons (Fsp3) is 1.00. The molecule has 17 heavy (non-hydrogen) atoms. The molecule has 2 rings (SSSR count). The number of likely N-dealkylation sites (tertiary alicyclic amines) is 1. The van der Waals surface area contributed by atoms with Crippen LogP contribution in [0.3, 0.4) is 0 Å². The van der Waals surface area contributed by atoms with Crippen molar-refractivity contribution in [2.24, 2.45) is 5.92 Å². The fourth-order valence-electron chi connectivity index (χ4n) is 4.02. The lowest BCUT2D eigenvalue weighted by molar-refractivity contribution is -0.00253. The van der Waals surface area contributed by atoms with E-state index in [1.165, 1.54) is 38.6 Å². The molecule has 0 amide bonds. The van der Waals surface area contributed by atoms with Gasteiger partial charge in [-0.05, 0) is 64.8 Å². The quantitative estimate of drug-likeness (QED) is 0.817. The highest BCUT2D eigenvalue weighted by Crippen LogP contribution is 2.39. The van der Waals surface area contributed by atoms with Crippen LogP contribution in [-0.4, -0.2) is 34.2 Å². The highest BCUT2D eigenvalue weighted by atomic mass is 16.3. The van der Waals surface area contributed by atoms with Crippen LogP contribution in [0.2, 0.25) is 0 Å². The molecule has 0 aromatic carbocycles. The van der Waals surface area contributed by atoms with E-state index >= 15 is 0 Å². The molecular weight excluding hydrogens is 210 g/mol. The zero-order chi connectivity index (χ0) is 12.5. The molecule has 1 aliphatic carbocycles. The van der Waals surface area contributed by atoms with Crippen molar-refractivity contribution in [3.8, 4) is 0 Å². The van der Waals surface area contributed by atoms with Crippen molar-refractivity contribution in [3.05, 3.63) is 0 Å². The van der Waals surface area contributed by atoms with E-state index in [9.17, 15) is 5.11 Å². The molecule has 1 saturated heterocycles. The fourth-order valence-corrected chi connectivity index (χ4v) is 4.02. The summed E-state index contributed by atoms with van der Waals surface area (Å²) in [5.74, 6) is 0.820. The normalized spacial score (nSPS) is 38.5. The molecule has 0 bridgehead atoms. The molecule has 1 heterocycles. The second kappa shape index (κ2) is 5.27. The molecule has 1 saturated carbocycles. The topological polar surface area (TPSA) is 23.5 Å². The van der Waals surface area contributed by atoms with E-state index < -0.39 is 0 Å². The first-order chi connectivity index (χ1) is 8.04. The SMILES string of the molecule is CCCC1CCC(O)CC1N1CCCC1(C)C. The molecule has 2 heteroatoms. The van der Waals surface area contributed by atoms with Gasteiger partial charge in [-0.3, -0.25) is 4.90 Å². The molecule has 2 fully saturated rings. The summed E-state index contributed by atoms with van der Waals surface area (Å²) in [6.45, 7) is 8.29. The van der Waals surface area contributed by atoms with Crippen LogP contribution in [0.15, 0.2) is 0 Å². The summed E-state index contributed by atoms with van der Waals surface area (Å²) in [6, 6.07) is 0.635. The number of aliphatic hydroxyl groups is 1. The minimum absolute atomic E-state index is 0.0514. The van der Waals surface area contributed by atoms with Gasteiger partial charge in [0.25, 0.3) is 0 Å². The monoisotopic (exact) mass is 239 g/mol. The summed E-state index contributed by atoms with van der Waals surface area (Å²) in [5.41, 5.74) is 0.355. The Morgan fingerprint density at radius 3 is 2.65 bits per heavy atom. The lowest BCUT2D eigenvalue weighted by Crippen LogP contribution is -2.51. The van der Waals surface area contributed by atoms with Gasteiger partial charge in [-0.2, -0.15) is 0 Å². The molecule has 3 unspecified atom stereocenters. The Balaban J connectivity index is 2.08. The summed E-state index contributed by atoms with van der Waals surface area (Å²) in [6.07, 6.45) is 8.48. The van der Waals surface area contributed by atoms with Crippen molar-refractivity contribution in [1.29, 1.82) is 0 Å². The lowest BCUT2D eigenvalue weighted by atomic mass is 9.78. The maximum Gasteiger partial charge on any atom is 0.0555 e. The van der Waals surface area contributed by atoms with Crippen LogP contribution in [0.4, 0.5) is 0 Å². The van der Waals surface area contributed by atoms with Gasteiger partial charge < -0.3 is 5.11 Å². The molecule has 0 aromatic heterocycles. The summed E-state index contributed by atoms with van der Waals surface area (Å²) in [5, 5.41) is 9.97. The molecule has 2 aliphatic rings. The van der Waals surface area contributed by atoms with E-state index in [4.69, 9.17) is 0 Å². The number of hydrogen-bond donors (Lipinski definition) is 1. The molecule has 3 atom stereocenters. The van der Waals surface area contributed by atoms with E-state index in [1.807, 2.05) is 0 Å². The standard InChI is InChI=1S/C15H29NO/c1-4-6-12-7-8-13(17)11-14(12)16-10-5-9-15(16,2)3/h12-14,17H,4-11H2,1-3H3. The molecule has 2 nitrogen and oxygen atoms in total. The van der Waals surface area contributed by atoms with Crippen molar-refractivity contribution in [1.82, 2.24) is 4.90 Å². The molecule has 0 radical (unpaired) electrons. The number of aliphatic hydroxyl groups excluding tert-OH is 1. The maximum absolute atomic E-state index is 9.97. The van der Waals surface area contributed by atoms with Crippen LogP contribution in [-0.2, 0) is 0 Å². The van der Waals surface area contributed by atoms with Gasteiger partial charge in [-0.15, -0.1) is 0 Å². The van der Waals surface area contributed by atoms with Crippen LogP contribution < -0.4 is 0 Å². The third kappa shape index (κ3) is 2.85. The van der Waals surface area contributed by atoms with Crippen molar-refractivity contribution >= 4 is 0 Å². The van der Waals surface area contributed by atoms with Crippen LogP contribution in [0.25, 0.3) is 0 Å². The average Bonchev–Trinajstić information content (AvgIpc) is 2.61. The van der Waals surface area contributed by atoms with Crippen molar-refractivity contribution in [3.63, 3.8) is 0 Å². The Labute approximate surface area is 106 Å². The predicted molar refractivity (Wildman–Crippen MR) is 72.1 cm³/mol. The highest BCUT2D eigenvalue weighted by molar-refractivity contribution is 4.96. The number of rotatable bonds is 3. The van der Waals surface area contributed by atoms with Crippen molar-refractivity contribution in [2.45, 2.75) is 83.4 Å². The Morgan fingerprint density at radius 1 is 1.29 bits per heavy atom. The average molecular weight is 239 g/mol. The summed E-state index contributed by atoms with van der Waals surface area (Å²) in [7, 11) is 0. The van der Waals surface area contributed by atoms with Gasteiger partial charge in [-0.25, -0.2) is 0 Å². The van der Waals surface area contributed by atoms with Gasteiger partial charge in [0.15, 0.2) is 0 Å². The van der Waals surface area contributed by atoms with Gasteiger partial charge in [0, 0.05) is 11.6 Å². The van der Waals surface area contributed by atoms with E-state index in [1.54, 1.807) is 0 Å². The Bertz CT molecular complexity index is 251. The van der Waals surface area contributed by atoms with Crippen LogP contribution in [0, 0.1) is 5.92 Å². The van der Waals surface area contributed by atoms with E-state index in [0.29, 0.717) is 11.6 Å². The Morgan fingerprint density at radius 2 is 2.06 bits per heavy atom. The lowest BCUT2D eigenvalue weighted by Gasteiger charge is -2.45. The molecule has 1 N–H and O–H groups in total. The van der Waals surface area contributed by atoms with Crippen LogP contribution >= 0.6 is 0 Å². The minimum Gasteiger partial charge on any atom is -0.393 e.